The number of carbonyl (C=O) groups excluding carboxylic acids is 1. The van der Waals surface area contributed by atoms with Crippen LogP contribution in [-0.2, 0) is 18.3 Å². The molecule has 0 aromatic carbocycles. The van der Waals surface area contributed by atoms with Gasteiger partial charge in [-0.2, -0.15) is 4.80 Å². The van der Waals surface area contributed by atoms with Gasteiger partial charge in [-0.1, -0.05) is 6.92 Å². The lowest BCUT2D eigenvalue weighted by atomic mass is 9.99. The van der Waals surface area contributed by atoms with E-state index in [1.54, 1.807) is 7.05 Å². The third-order valence-electron chi connectivity index (χ3n) is 2.48. The predicted octanol–water partition coefficient (Wildman–Crippen LogP) is 0.0868. The van der Waals surface area contributed by atoms with Crippen LogP contribution in [-0.4, -0.2) is 32.5 Å². The third-order valence-corrected chi connectivity index (χ3v) is 2.48. The molecule has 6 heteroatoms. The molecule has 1 rings (SSSR count). The van der Waals surface area contributed by atoms with Gasteiger partial charge in [0.25, 0.3) is 0 Å². The average Bonchev–Trinajstić information content (AvgIpc) is 2.61. The molecule has 90 valence electrons. The highest BCUT2D eigenvalue weighted by Crippen LogP contribution is 2.10. The first-order valence-corrected chi connectivity index (χ1v) is 5.56. The number of aromatic nitrogens is 4. The van der Waals surface area contributed by atoms with Gasteiger partial charge in [-0.15, -0.1) is 10.2 Å². The van der Waals surface area contributed by atoms with Crippen molar-refractivity contribution in [1.82, 2.24) is 20.2 Å². The molecule has 1 heterocycles. The fourth-order valence-electron chi connectivity index (χ4n) is 1.50. The van der Waals surface area contributed by atoms with E-state index in [-0.39, 0.29) is 12.2 Å². The van der Waals surface area contributed by atoms with Crippen LogP contribution in [0.4, 0.5) is 0 Å². The largest absolute Gasteiger partial charge is 0.330 e. The molecule has 0 fully saturated rings. The lowest BCUT2D eigenvalue weighted by Crippen LogP contribution is -2.10. The molecular formula is C10H19N5O. The molecule has 1 aromatic rings. The molecule has 0 spiro atoms. The summed E-state index contributed by atoms with van der Waals surface area (Å²) in [7, 11) is 1.68. The molecule has 2 N–H and O–H groups in total. The normalized spacial score (nSPS) is 12.7. The Balaban J connectivity index is 2.26. The van der Waals surface area contributed by atoms with Gasteiger partial charge in [-0.25, -0.2) is 0 Å². The van der Waals surface area contributed by atoms with Crippen molar-refractivity contribution in [3.63, 3.8) is 0 Å². The second-order valence-corrected chi connectivity index (χ2v) is 4.13. The van der Waals surface area contributed by atoms with Gasteiger partial charge < -0.3 is 5.73 Å². The maximum atomic E-state index is 11.6. The van der Waals surface area contributed by atoms with Crippen molar-refractivity contribution in [3.8, 4) is 0 Å². The van der Waals surface area contributed by atoms with E-state index < -0.39 is 0 Å². The van der Waals surface area contributed by atoms with Gasteiger partial charge >= 0.3 is 0 Å². The highest BCUT2D eigenvalue weighted by molar-refractivity contribution is 5.79. The first-order chi connectivity index (χ1) is 7.61. The van der Waals surface area contributed by atoms with E-state index in [4.69, 9.17) is 5.73 Å². The molecule has 0 saturated carbocycles. The highest BCUT2D eigenvalue weighted by Gasteiger charge is 2.10. The van der Waals surface area contributed by atoms with E-state index >= 15 is 0 Å². The predicted molar refractivity (Wildman–Crippen MR) is 59.6 cm³/mol. The van der Waals surface area contributed by atoms with Crippen LogP contribution in [0.1, 0.15) is 32.0 Å². The highest BCUT2D eigenvalue weighted by atomic mass is 16.1. The van der Waals surface area contributed by atoms with Crippen molar-refractivity contribution >= 4 is 5.78 Å². The maximum absolute atomic E-state index is 11.6. The summed E-state index contributed by atoms with van der Waals surface area (Å²) in [6.45, 7) is 2.79. The van der Waals surface area contributed by atoms with E-state index in [2.05, 4.69) is 22.3 Å². The fraction of sp³-hybridized carbons (Fsp3) is 0.800. The van der Waals surface area contributed by atoms with Crippen LogP contribution in [0, 0.1) is 5.92 Å². The van der Waals surface area contributed by atoms with Crippen LogP contribution in [0.5, 0.6) is 0 Å². The number of nitrogens with two attached hydrogens (primary N) is 1. The van der Waals surface area contributed by atoms with Crippen LogP contribution >= 0.6 is 0 Å². The average molecular weight is 225 g/mol. The standard InChI is InChI=1S/C10H19N5O/c1-8(5-6-11)3-4-9(16)7-10-12-14-15(2)13-10/h8H,3-7,11H2,1-2H3. The molecular weight excluding hydrogens is 206 g/mol. The summed E-state index contributed by atoms with van der Waals surface area (Å²) in [5.74, 6) is 1.17. The van der Waals surface area contributed by atoms with Crippen LogP contribution in [0.2, 0.25) is 0 Å². The van der Waals surface area contributed by atoms with E-state index in [0.717, 1.165) is 12.8 Å². The molecule has 0 radical (unpaired) electrons. The lowest BCUT2D eigenvalue weighted by Gasteiger charge is -2.07. The zero-order valence-corrected chi connectivity index (χ0v) is 9.89. The van der Waals surface area contributed by atoms with E-state index in [9.17, 15) is 4.79 Å². The number of Topliss-reactive ketones (excluding diaryl/α,β-unsaturated/α-hetero) is 1. The number of ketones is 1. The Morgan fingerprint density at radius 1 is 1.50 bits per heavy atom. The summed E-state index contributed by atoms with van der Waals surface area (Å²) in [5.41, 5.74) is 5.45. The van der Waals surface area contributed by atoms with Gasteiger partial charge in [-0.3, -0.25) is 4.79 Å². The van der Waals surface area contributed by atoms with Gasteiger partial charge in [0, 0.05) is 6.42 Å². The maximum Gasteiger partial charge on any atom is 0.182 e. The van der Waals surface area contributed by atoms with Crippen LogP contribution < -0.4 is 5.73 Å². The topological polar surface area (TPSA) is 86.7 Å². The van der Waals surface area contributed by atoms with E-state index in [1.807, 2.05) is 0 Å². The number of tetrazole rings is 1. The Kier molecular flexibility index (Phi) is 5.04. The molecule has 1 atom stereocenters. The summed E-state index contributed by atoms with van der Waals surface area (Å²) in [6, 6.07) is 0. The Bertz CT molecular complexity index is 336. The number of hydrogen-bond acceptors (Lipinski definition) is 5. The quantitative estimate of drug-likeness (QED) is 0.710. The number of aryl methyl sites for hydroxylation is 1. The van der Waals surface area contributed by atoms with E-state index in [1.165, 1.54) is 4.80 Å². The van der Waals surface area contributed by atoms with E-state index in [0.29, 0.717) is 24.7 Å². The molecule has 0 aliphatic heterocycles. The van der Waals surface area contributed by atoms with Crippen LogP contribution in [0.3, 0.4) is 0 Å². The van der Waals surface area contributed by atoms with Gasteiger partial charge in [0.1, 0.15) is 5.78 Å². The zero-order valence-electron chi connectivity index (χ0n) is 9.89. The number of nitrogens with zero attached hydrogens (tertiary/aromatic N) is 4. The molecule has 16 heavy (non-hydrogen) atoms. The molecule has 6 nitrogen and oxygen atoms in total. The minimum atomic E-state index is 0.164. The molecule has 1 unspecified atom stereocenters. The van der Waals surface area contributed by atoms with Gasteiger partial charge in [0.2, 0.25) is 0 Å². The van der Waals surface area contributed by atoms with Crippen molar-refractivity contribution in [2.45, 2.75) is 32.6 Å². The van der Waals surface area contributed by atoms with Crippen LogP contribution in [0.25, 0.3) is 0 Å². The SMILES string of the molecule is CC(CCN)CCC(=O)Cc1nnn(C)n1. The van der Waals surface area contributed by atoms with Gasteiger partial charge in [-0.05, 0) is 30.5 Å². The van der Waals surface area contributed by atoms with Crippen LogP contribution in [0.15, 0.2) is 0 Å². The molecule has 0 aliphatic rings. The summed E-state index contributed by atoms with van der Waals surface area (Å²) in [4.78, 5) is 12.9. The zero-order chi connectivity index (χ0) is 12.0. The van der Waals surface area contributed by atoms with Crippen molar-refractivity contribution in [2.24, 2.45) is 18.7 Å². The molecule has 0 saturated heterocycles. The Hall–Kier alpha value is -1.30. The lowest BCUT2D eigenvalue weighted by molar-refractivity contribution is -0.118. The van der Waals surface area contributed by atoms with Crippen molar-refractivity contribution in [2.75, 3.05) is 6.54 Å². The monoisotopic (exact) mass is 225 g/mol. The smallest absolute Gasteiger partial charge is 0.182 e. The number of rotatable bonds is 7. The van der Waals surface area contributed by atoms with Gasteiger partial charge in [0.05, 0.1) is 13.5 Å². The summed E-state index contributed by atoms with van der Waals surface area (Å²) in [5, 5.41) is 11.4. The van der Waals surface area contributed by atoms with Crippen molar-refractivity contribution in [3.05, 3.63) is 5.82 Å². The Labute approximate surface area is 95.2 Å². The first-order valence-electron chi connectivity index (χ1n) is 5.56. The van der Waals surface area contributed by atoms with Crippen molar-refractivity contribution in [1.29, 1.82) is 0 Å². The Morgan fingerprint density at radius 2 is 2.25 bits per heavy atom. The number of hydrogen-bond donors (Lipinski definition) is 1. The minimum absolute atomic E-state index is 0.164. The summed E-state index contributed by atoms with van der Waals surface area (Å²) >= 11 is 0. The molecule has 0 aliphatic carbocycles. The second kappa shape index (κ2) is 6.32. The molecule has 1 aromatic heterocycles. The third kappa shape index (κ3) is 4.48. The van der Waals surface area contributed by atoms with Crippen molar-refractivity contribution < 1.29 is 4.79 Å². The van der Waals surface area contributed by atoms with Gasteiger partial charge in [0.15, 0.2) is 5.82 Å². The molecule has 0 bridgehead atoms. The summed E-state index contributed by atoms with van der Waals surface area (Å²) < 4.78 is 0. The minimum Gasteiger partial charge on any atom is -0.330 e. The number of carbonyl (C=O) groups is 1. The first kappa shape index (κ1) is 12.8. The fourth-order valence-corrected chi connectivity index (χ4v) is 1.50. The summed E-state index contributed by atoms with van der Waals surface area (Å²) in [6.07, 6.45) is 2.70. The molecule has 0 amide bonds. The second-order valence-electron chi connectivity index (χ2n) is 4.13. The Morgan fingerprint density at radius 3 is 2.81 bits per heavy atom.